The number of imidazole rings is 1. The summed E-state index contributed by atoms with van der Waals surface area (Å²) in [6.07, 6.45) is 1.40. The summed E-state index contributed by atoms with van der Waals surface area (Å²) in [5, 5.41) is 11.7. The number of rotatable bonds is 10. The molecule has 0 saturated heterocycles. The van der Waals surface area contributed by atoms with Crippen LogP contribution in [0.1, 0.15) is 5.56 Å². The lowest BCUT2D eigenvalue weighted by molar-refractivity contribution is 0.324. The van der Waals surface area contributed by atoms with E-state index in [9.17, 15) is 8.42 Å². The smallest absolute Gasteiger partial charge is 0.241 e. The summed E-state index contributed by atoms with van der Waals surface area (Å²) >= 11 is 0. The summed E-state index contributed by atoms with van der Waals surface area (Å²) in [5.41, 5.74) is 2.95. The van der Waals surface area contributed by atoms with Crippen molar-refractivity contribution in [3.05, 3.63) is 72.6 Å². The summed E-state index contributed by atoms with van der Waals surface area (Å²) in [6.45, 7) is 0.357. The number of sulfonamides is 1. The zero-order valence-electron chi connectivity index (χ0n) is 21.8. The van der Waals surface area contributed by atoms with Crippen molar-refractivity contribution in [2.24, 2.45) is 5.14 Å². The quantitative estimate of drug-likeness (QED) is 0.228. The normalized spacial score (nSPS) is 11.3. The van der Waals surface area contributed by atoms with E-state index < -0.39 is 10.0 Å². The third-order valence-corrected chi connectivity index (χ3v) is 6.87. The topological polar surface area (TPSA) is 168 Å². The van der Waals surface area contributed by atoms with Crippen LogP contribution in [-0.4, -0.2) is 54.3 Å². The lowest BCUT2D eigenvalue weighted by atomic mass is 10.2. The molecule has 2 aromatic heterocycles. The number of nitrogens with zero attached hydrogens (tertiary/aromatic N) is 5. The molecule has 3 aromatic carbocycles. The largest absolute Gasteiger partial charge is 0.493 e. The molecule has 13 nitrogen and oxygen atoms in total. The van der Waals surface area contributed by atoms with E-state index in [-0.39, 0.29) is 10.8 Å². The maximum absolute atomic E-state index is 11.6. The second-order valence-corrected chi connectivity index (χ2v) is 10.0. The van der Waals surface area contributed by atoms with E-state index in [0.717, 1.165) is 16.6 Å². The van der Waals surface area contributed by atoms with E-state index in [4.69, 9.17) is 24.3 Å². The van der Waals surface area contributed by atoms with Crippen LogP contribution in [0.4, 0.5) is 17.6 Å². The van der Waals surface area contributed by atoms with Gasteiger partial charge >= 0.3 is 0 Å². The molecule has 0 unspecified atom stereocenters. The van der Waals surface area contributed by atoms with Gasteiger partial charge in [0.1, 0.15) is 6.33 Å². The maximum Gasteiger partial charge on any atom is 0.241 e. The zero-order valence-corrected chi connectivity index (χ0v) is 22.6. The molecule has 0 amide bonds. The fraction of sp³-hybridized carbons (Fsp3) is 0.154. The number of nitrogens with two attached hydrogens (primary N) is 1. The van der Waals surface area contributed by atoms with E-state index in [2.05, 4.69) is 25.6 Å². The Labute approximate surface area is 230 Å². The van der Waals surface area contributed by atoms with Gasteiger partial charge in [0.05, 0.1) is 37.3 Å². The number of fused-ring (bicyclic) bond motifs is 1. The van der Waals surface area contributed by atoms with Gasteiger partial charge in [0.2, 0.25) is 33.6 Å². The fourth-order valence-corrected chi connectivity index (χ4v) is 4.58. The monoisotopic (exact) mass is 562 g/mol. The van der Waals surface area contributed by atoms with Crippen LogP contribution < -0.4 is 30.0 Å². The van der Waals surface area contributed by atoms with Gasteiger partial charge in [0.15, 0.2) is 11.5 Å². The van der Waals surface area contributed by atoms with Gasteiger partial charge in [-0.15, -0.1) is 0 Å². The second-order valence-electron chi connectivity index (χ2n) is 8.45. The van der Waals surface area contributed by atoms with Crippen LogP contribution in [-0.2, 0) is 16.6 Å². The van der Waals surface area contributed by atoms with Crippen molar-refractivity contribution in [2.45, 2.75) is 11.4 Å². The number of para-hydroxylation sites is 2. The second kappa shape index (κ2) is 11.0. The van der Waals surface area contributed by atoms with E-state index in [1.54, 1.807) is 28.8 Å². The molecule has 0 aliphatic rings. The standard InChI is InChI=1S/C26H26N8O5S/c1-37-21-12-17(13-22(38-2)23(21)39-3)31-24-29-15-30-26(33-24)34-20-7-5-4-6-19(20)32-25(34)28-14-16-8-10-18(11-9-16)40(27,35)36/h4-13,15H,14H2,1-3H3,(H,28,32)(H2,27,35,36)(H,29,30,31,33). The van der Waals surface area contributed by atoms with Crippen molar-refractivity contribution in [1.29, 1.82) is 0 Å². The van der Waals surface area contributed by atoms with Gasteiger partial charge in [-0.2, -0.15) is 4.98 Å². The fourth-order valence-electron chi connectivity index (χ4n) is 4.06. The van der Waals surface area contributed by atoms with Gasteiger partial charge in [-0.25, -0.2) is 33.1 Å². The van der Waals surface area contributed by atoms with Crippen molar-refractivity contribution < 1.29 is 22.6 Å². The predicted octanol–water partition coefficient (Wildman–Crippen LogP) is 3.24. The van der Waals surface area contributed by atoms with Crippen molar-refractivity contribution >= 4 is 38.6 Å². The average Bonchev–Trinajstić information content (AvgIpc) is 3.34. The molecular weight excluding hydrogens is 536 g/mol. The Hall–Kier alpha value is -4.95. The number of aromatic nitrogens is 5. The minimum Gasteiger partial charge on any atom is -0.493 e. The maximum atomic E-state index is 11.6. The van der Waals surface area contributed by atoms with Crippen molar-refractivity contribution in [2.75, 3.05) is 32.0 Å². The third-order valence-electron chi connectivity index (χ3n) is 5.94. The molecule has 206 valence electrons. The van der Waals surface area contributed by atoms with Gasteiger partial charge in [0, 0.05) is 24.4 Å². The highest BCUT2D eigenvalue weighted by Crippen LogP contribution is 2.40. The first-order valence-corrected chi connectivity index (χ1v) is 13.4. The molecular formula is C26H26N8O5S. The lowest BCUT2D eigenvalue weighted by Gasteiger charge is -2.15. The number of benzene rings is 3. The first kappa shape index (κ1) is 26.6. The molecule has 0 aliphatic carbocycles. The van der Waals surface area contributed by atoms with Crippen molar-refractivity contribution in [3.63, 3.8) is 0 Å². The highest BCUT2D eigenvalue weighted by Gasteiger charge is 2.17. The highest BCUT2D eigenvalue weighted by molar-refractivity contribution is 7.89. The van der Waals surface area contributed by atoms with Gasteiger partial charge < -0.3 is 24.8 Å². The molecule has 0 radical (unpaired) electrons. The Morgan fingerprint density at radius 3 is 2.25 bits per heavy atom. The van der Waals surface area contributed by atoms with Crippen LogP contribution in [0.5, 0.6) is 17.2 Å². The minimum atomic E-state index is -3.77. The number of hydrogen-bond donors (Lipinski definition) is 3. The molecule has 5 rings (SSSR count). The third kappa shape index (κ3) is 5.43. The number of ether oxygens (including phenoxy) is 3. The molecule has 0 spiro atoms. The lowest BCUT2D eigenvalue weighted by Crippen LogP contribution is -2.12. The highest BCUT2D eigenvalue weighted by atomic mass is 32.2. The Morgan fingerprint density at radius 1 is 0.900 bits per heavy atom. The Bertz CT molecular complexity index is 1750. The van der Waals surface area contributed by atoms with E-state index in [0.29, 0.717) is 41.4 Å². The zero-order chi connectivity index (χ0) is 28.3. The number of primary sulfonamides is 1. The first-order chi connectivity index (χ1) is 19.3. The molecule has 40 heavy (non-hydrogen) atoms. The number of hydrogen-bond acceptors (Lipinski definition) is 11. The average molecular weight is 563 g/mol. The summed E-state index contributed by atoms with van der Waals surface area (Å²) in [5.74, 6) is 2.51. The molecule has 14 heteroatoms. The van der Waals surface area contributed by atoms with Crippen molar-refractivity contribution in [3.8, 4) is 23.2 Å². The molecule has 0 saturated carbocycles. The van der Waals surface area contributed by atoms with Crippen molar-refractivity contribution in [1.82, 2.24) is 24.5 Å². The Balaban J connectivity index is 1.47. The van der Waals surface area contributed by atoms with E-state index in [1.807, 2.05) is 24.3 Å². The SMILES string of the molecule is COc1cc(Nc2ncnc(-n3c(NCc4ccc(S(N)(=O)=O)cc4)nc4ccccc43)n2)cc(OC)c1OC. The molecule has 0 aliphatic heterocycles. The number of anilines is 3. The van der Waals surface area contributed by atoms with Crippen LogP contribution in [0.3, 0.4) is 0 Å². The molecule has 0 atom stereocenters. The summed E-state index contributed by atoms with van der Waals surface area (Å²) in [4.78, 5) is 18.0. The minimum absolute atomic E-state index is 0.0424. The summed E-state index contributed by atoms with van der Waals surface area (Å²) < 4.78 is 41.2. The van der Waals surface area contributed by atoms with Gasteiger partial charge in [0.25, 0.3) is 0 Å². The van der Waals surface area contributed by atoms with E-state index >= 15 is 0 Å². The molecule has 0 bridgehead atoms. The number of methoxy groups -OCH3 is 3. The summed E-state index contributed by atoms with van der Waals surface area (Å²) in [6, 6.07) is 17.3. The van der Waals surface area contributed by atoms with Crippen LogP contribution in [0.25, 0.3) is 17.0 Å². The van der Waals surface area contributed by atoms with Crippen LogP contribution in [0.2, 0.25) is 0 Å². The molecule has 4 N–H and O–H groups in total. The summed E-state index contributed by atoms with van der Waals surface area (Å²) in [7, 11) is 0.837. The molecule has 5 aromatic rings. The van der Waals surface area contributed by atoms with Crippen LogP contribution in [0, 0.1) is 0 Å². The van der Waals surface area contributed by atoms with Crippen LogP contribution >= 0.6 is 0 Å². The van der Waals surface area contributed by atoms with Gasteiger partial charge in [-0.05, 0) is 29.8 Å². The van der Waals surface area contributed by atoms with Gasteiger partial charge in [-0.1, -0.05) is 24.3 Å². The number of nitrogens with one attached hydrogen (secondary N) is 2. The van der Waals surface area contributed by atoms with Crippen LogP contribution in [0.15, 0.2) is 71.9 Å². The Morgan fingerprint density at radius 2 is 1.60 bits per heavy atom. The van der Waals surface area contributed by atoms with Gasteiger partial charge in [-0.3, -0.25) is 0 Å². The molecule has 0 fully saturated rings. The first-order valence-electron chi connectivity index (χ1n) is 11.9. The van der Waals surface area contributed by atoms with E-state index in [1.165, 1.54) is 39.8 Å². The Kier molecular flexibility index (Phi) is 7.35. The molecule has 2 heterocycles. The predicted molar refractivity (Wildman–Crippen MR) is 149 cm³/mol.